The van der Waals surface area contributed by atoms with Gasteiger partial charge in [-0.3, -0.25) is 4.79 Å². The van der Waals surface area contributed by atoms with Crippen molar-refractivity contribution in [3.05, 3.63) is 39.8 Å². The van der Waals surface area contributed by atoms with Gasteiger partial charge < -0.3 is 11.5 Å². The van der Waals surface area contributed by atoms with Crippen LogP contribution in [0.1, 0.15) is 15.9 Å². The van der Waals surface area contributed by atoms with E-state index < -0.39 is 29.2 Å². The monoisotopic (exact) mass is 272 g/mol. The number of carbonyl (C=O) groups is 1. The highest BCUT2D eigenvalue weighted by atomic mass is 19.4. The molecule has 1 amide bonds. The molecule has 0 aliphatic heterocycles. The lowest BCUT2D eigenvalue weighted by atomic mass is 10.1. The lowest BCUT2D eigenvalue weighted by molar-refractivity contribution is -0.137. The van der Waals surface area contributed by atoms with Crippen LogP contribution in [0, 0.1) is 0 Å². The summed E-state index contributed by atoms with van der Waals surface area (Å²) >= 11 is 0. The van der Waals surface area contributed by atoms with Gasteiger partial charge in [0.25, 0.3) is 5.91 Å². The zero-order chi connectivity index (χ0) is 14.6. The summed E-state index contributed by atoms with van der Waals surface area (Å²) in [7, 11) is 0. The van der Waals surface area contributed by atoms with Crippen molar-refractivity contribution >= 4 is 17.6 Å². The molecular weight excluding hydrogens is 265 g/mol. The van der Waals surface area contributed by atoms with Gasteiger partial charge >= 0.3 is 6.18 Å². The number of halogens is 3. The Hall–Kier alpha value is -2.74. The van der Waals surface area contributed by atoms with Gasteiger partial charge in [-0.2, -0.15) is 18.2 Å². The van der Waals surface area contributed by atoms with Gasteiger partial charge in [0.2, 0.25) is 0 Å². The van der Waals surface area contributed by atoms with Crippen molar-refractivity contribution in [2.75, 3.05) is 0 Å². The van der Waals surface area contributed by atoms with E-state index in [0.29, 0.717) is 12.1 Å². The molecule has 1 rings (SSSR count). The first-order chi connectivity index (χ1) is 8.74. The van der Waals surface area contributed by atoms with E-state index in [1.807, 2.05) is 0 Å². The highest BCUT2D eigenvalue weighted by molar-refractivity contribution is 6.02. The van der Waals surface area contributed by atoms with Crippen molar-refractivity contribution in [3.63, 3.8) is 0 Å². The Balaban J connectivity index is 3.40. The topological polar surface area (TPSA) is 130 Å². The number of guanidine groups is 1. The van der Waals surface area contributed by atoms with Crippen LogP contribution >= 0.6 is 0 Å². The van der Waals surface area contributed by atoms with Crippen LogP contribution in [-0.4, -0.2) is 11.9 Å². The van der Waals surface area contributed by atoms with Crippen LogP contribution in [0.25, 0.3) is 10.4 Å². The van der Waals surface area contributed by atoms with Gasteiger partial charge in [-0.1, -0.05) is 5.11 Å². The number of rotatable bonds is 2. The summed E-state index contributed by atoms with van der Waals surface area (Å²) < 4.78 is 37.7. The lowest BCUT2D eigenvalue weighted by Gasteiger charge is -2.08. The van der Waals surface area contributed by atoms with Crippen LogP contribution in [0.15, 0.2) is 28.3 Å². The fraction of sp³-hybridized carbons (Fsp3) is 0.111. The Labute approximate surface area is 104 Å². The van der Waals surface area contributed by atoms with Crippen molar-refractivity contribution in [2.24, 2.45) is 21.6 Å². The number of aliphatic imine (C=N–C) groups is 1. The van der Waals surface area contributed by atoms with Gasteiger partial charge in [-0.15, -0.1) is 0 Å². The van der Waals surface area contributed by atoms with E-state index in [-0.39, 0.29) is 5.69 Å². The zero-order valence-corrected chi connectivity index (χ0v) is 9.22. The standard InChI is InChI=1S/C9H7F3N6O/c10-9(11,12)5-1-4(7(19)16-8(13)14)2-6(3-5)17-18-15/h1-3H,(H4,13,14,16,19). The fourth-order valence-corrected chi connectivity index (χ4v) is 1.19. The molecule has 0 unspecified atom stereocenters. The minimum absolute atomic E-state index is 0.369. The second-order valence-electron chi connectivity index (χ2n) is 3.30. The predicted octanol–water partition coefficient (Wildman–Crippen LogP) is 2.06. The van der Waals surface area contributed by atoms with E-state index in [0.717, 1.165) is 6.07 Å². The highest BCUT2D eigenvalue weighted by Gasteiger charge is 2.31. The lowest BCUT2D eigenvalue weighted by Crippen LogP contribution is -2.24. The molecule has 1 aromatic carbocycles. The predicted molar refractivity (Wildman–Crippen MR) is 60.4 cm³/mol. The molecule has 7 nitrogen and oxygen atoms in total. The van der Waals surface area contributed by atoms with E-state index in [1.165, 1.54) is 0 Å². The minimum Gasteiger partial charge on any atom is -0.370 e. The van der Waals surface area contributed by atoms with E-state index >= 15 is 0 Å². The summed E-state index contributed by atoms with van der Waals surface area (Å²) in [6.45, 7) is 0. The molecular formula is C9H7F3N6O. The molecule has 19 heavy (non-hydrogen) atoms. The Bertz CT molecular complexity index is 584. The van der Waals surface area contributed by atoms with E-state index in [1.54, 1.807) is 0 Å². The van der Waals surface area contributed by atoms with Crippen LogP contribution < -0.4 is 11.5 Å². The Morgan fingerprint density at radius 3 is 2.37 bits per heavy atom. The molecule has 0 bridgehead atoms. The zero-order valence-electron chi connectivity index (χ0n) is 9.22. The van der Waals surface area contributed by atoms with Gasteiger partial charge in [0.1, 0.15) is 0 Å². The molecule has 0 atom stereocenters. The third-order valence-corrected chi connectivity index (χ3v) is 1.88. The molecule has 0 heterocycles. The summed E-state index contributed by atoms with van der Waals surface area (Å²) in [4.78, 5) is 16.9. The summed E-state index contributed by atoms with van der Waals surface area (Å²) in [6, 6.07) is 2.11. The van der Waals surface area contributed by atoms with Crippen molar-refractivity contribution in [1.82, 2.24) is 0 Å². The maximum absolute atomic E-state index is 12.6. The van der Waals surface area contributed by atoms with E-state index in [4.69, 9.17) is 17.0 Å². The molecule has 4 N–H and O–H groups in total. The molecule has 0 spiro atoms. The van der Waals surface area contributed by atoms with Crippen LogP contribution in [0.2, 0.25) is 0 Å². The Morgan fingerprint density at radius 1 is 1.26 bits per heavy atom. The number of alkyl halides is 3. The molecule has 1 aromatic rings. The number of nitrogens with two attached hydrogens (primary N) is 2. The van der Waals surface area contributed by atoms with Crippen LogP contribution in [0.4, 0.5) is 18.9 Å². The SMILES string of the molecule is [N-]=[N+]=Nc1cc(C(=O)N=C(N)N)cc(C(F)(F)F)c1. The normalized spacial score (nSPS) is 10.5. The number of carbonyl (C=O) groups excluding carboxylic acids is 1. The van der Waals surface area contributed by atoms with Crippen molar-refractivity contribution in [3.8, 4) is 0 Å². The van der Waals surface area contributed by atoms with E-state index in [9.17, 15) is 18.0 Å². The van der Waals surface area contributed by atoms with Gasteiger partial charge in [-0.05, 0) is 23.7 Å². The molecule has 0 radical (unpaired) electrons. The second kappa shape index (κ2) is 5.27. The molecule has 0 saturated heterocycles. The Kier molecular flexibility index (Phi) is 3.97. The maximum Gasteiger partial charge on any atom is 0.416 e. The number of benzene rings is 1. The Morgan fingerprint density at radius 2 is 1.89 bits per heavy atom. The van der Waals surface area contributed by atoms with Crippen LogP contribution in [-0.2, 0) is 6.18 Å². The largest absolute Gasteiger partial charge is 0.416 e. The second-order valence-corrected chi connectivity index (χ2v) is 3.30. The molecule has 100 valence electrons. The summed E-state index contributed by atoms with van der Waals surface area (Å²) in [5.41, 5.74) is 16.2. The molecule has 10 heteroatoms. The molecule has 0 aromatic heterocycles. The van der Waals surface area contributed by atoms with Gasteiger partial charge in [0.05, 0.1) is 5.56 Å². The first-order valence-electron chi connectivity index (χ1n) is 4.65. The molecule has 0 aliphatic carbocycles. The first-order valence-corrected chi connectivity index (χ1v) is 4.65. The van der Waals surface area contributed by atoms with Crippen LogP contribution in [0.3, 0.4) is 0 Å². The number of amides is 1. The van der Waals surface area contributed by atoms with Crippen molar-refractivity contribution in [2.45, 2.75) is 6.18 Å². The van der Waals surface area contributed by atoms with Crippen LogP contribution in [0.5, 0.6) is 0 Å². The van der Waals surface area contributed by atoms with Gasteiger partial charge in [0.15, 0.2) is 5.96 Å². The number of nitrogens with zero attached hydrogens (tertiary/aromatic N) is 4. The third-order valence-electron chi connectivity index (χ3n) is 1.88. The highest BCUT2D eigenvalue weighted by Crippen LogP contribution is 2.33. The number of hydrogen-bond acceptors (Lipinski definition) is 2. The molecule has 0 fully saturated rings. The smallest absolute Gasteiger partial charge is 0.370 e. The van der Waals surface area contributed by atoms with Crippen molar-refractivity contribution in [1.29, 1.82) is 0 Å². The summed E-state index contributed by atoms with van der Waals surface area (Å²) in [5.74, 6) is -1.66. The average Bonchev–Trinajstić information content (AvgIpc) is 2.27. The quantitative estimate of drug-likeness (QED) is 0.281. The fourth-order valence-electron chi connectivity index (χ4n) is 1.19. The molecule has 0 saturated carbocycles. The maximum atomic E-state index is 12.6. The summed E-state index contributed by atoms with van der Waals surface area (Å²) in [6.07, 6.45) is -4.70. The van der Waals surface area contributed by atoms with Crippen molar-refractivity contribution < 1.29 is 18.0 Å². The average molecular weight is 272 g/mol. The third kappa shape index (κ3) is 3.89. The minimum atomic E-state index is -4.70. The molecule has 0 aliphatic rings. The van der Waals surface area contributed by atoms with E-state index in [2.05, 4.69) is 15.0 Å². The van der Waals surface area contributed by atoms with Gasteiger partial charge in [-0.25, -0.2) is 0 Å². The number of azide groups is 1. The van der Waals surface area contributed by atoms with Gasteiger partial charge in [0, 0.05) is 16.2 Å². The summed E-state index contributed by atoms with van der Waals surface area (Å²) in [5, 5.41) is 3.02. The number of hydrogen-bond donors (Lipinski definition) is 2. The first kappa shape index (κ1) is 14.3.